The van der Waals surface area contributed by atoms with Gasteiger partial charge in [-0.2, -0.15) is 0 Å². The van der Waals surface area contributed by atoms with E-state index in [2.05, 4.69) is 0 Å². The van der Waals surface area contributed by atoms with Crippen molar-refractivity contribution in [3.8, 4) is 0 Å². The van der Waals surface area contributed by atoms with Gasteiger partial charge in [0.2, 0.25) is 0 Å². The number of sulfone groups is 1. The van der Waals surface area contributed by atoms with Gasteiger partial charge in [-0.1, -0.05) is 19.1 Å². The van der Waals surface area contributed by atoms with Crippen molar-refractivity contribution in [1.82, 2.24) is 0 Å². The van der Waals surface area contributed by atoms with E-state index in [1.165, 1.54) is 0 Å². The van der Waals surface area contributed by atoms with E-state index in [4.69, 9.17) is 5.73 Å². The van der Waals surface area contributed by atoms with Gasteiger partial charge in [0.15, 0.2) is 9.84 Å². The Hall–Kier alpha value is -0.870. The van der Waals surface area contributed by atoms with Gasteiger partial charge in [0, 0.05) is 0 Å². The lowest BCUT2D eigenvalue weighted by atomic mass is 10.2. The molecule has 0 radical (unpaired) electrons. The first kappa shape index (κ1) is 11.2. The molecular weight excluding hydrogens is 198 g/mol. The fourth-order valence-corrected chi connectivity index (χ4v) is 2.18. The van der Waals surface area contributed by atoms with Crippen LogP contribution in [-0.4, -0.2) is 20.7 Å². The van der Waals surface area contributed by atoms with E-state index in [0.717, 1.165) is 5.56 Å². The normalized spacial score (nSPS) is 11.6. The molecular formula is C10H15NO2S. The Balaban J connectivity index is 3.06. The molecule has 0 atom stereocenters. The molecule has 3 nitrogen and oxygen atoms in total. The molecule has 0 fully saturated rings. The molecule has 0 bridgehead atoms. The molecule has 4 heteroatoms. The molecule has 1 aromatic carbocycles. The van der Waals surface area contributed by atoms with Crippen molar-refractivity contribution in [2.24, 2.45) is 5.73 Å². The highest BCUT2D eigenvalue weighted by Crippen LogP contribution is 2.13. The quantitative estimate of drug-likeness (QED) is 0.811. The van der Waals surface area contributed by atoms with Gasteiger partial charge in [-0.25, -0.2) is 8.42 Å². The first-order valence-corrected chi connectivity index (χ1v) is 6.27. The van der Waals surface area contributed by atoms with Crippen LogP contribution in [0.2, 0.25) is 0 Å². The third-order valence-electron chi connectivity index (χ3n) is 2.07. The number of hydrogen-bond acceptors (Lipinski definition) is 3. The second-order valence-corrected chi connectivity index (χ2v) is 5.37. The van der Waals surface area contributed by atoms with Gasteiger partial charge in [-0.05, 0) is 30.7 Å². The molecule has 0 unspecified atom stereocenters. The van der Waals surface area contributed by atoms with Crippen LogP contribution < -0.4 is 5.73 Å². The number of rotatable bonds is 4. The monoisotopic (exact) mass is 213 g/mol. The summed E-state index contributed by atoms with van der Waals surface area (Å²) in [5.74, 6) is 0.138. The smallest absolute Gasteiger partial charge is 0.178 e. The highest BCUT2D eigenvalue weighted by molar-refractivity contribution is 7.91. The summed E-state index contributed by atoms with van der Waals surface area (Å²) in [5.41, 5.74) is 6.38. The predicted octanol–water partition coefficient (Wildman–Crippen LogP) is 0.981. The van der Waals surface area contributed by atoms with Crippen LogP contribution >= 0.6 is 0 Å². The molecule has 0 aliphatic rings. The van der Waals surface area contributed by atoms with Crippen LogP contribution in [0.15, 0.2) is 29.2 Å². The summed E-state index contributed by atoms with van der Waals surface area (Å²) >= 11 is 0. The lowest BCUT2D eigenvalue weighted by molar-refractivity contribution is 0.597. The summed E-state index contributed by atoms with van der Waals surface area (Å²) in [6.45, 7) is 2.18. The molecule has 1 rings (SSSR count). The van der Waals surface area contributed by atoms with E-state index in [1.54, 1.807) is 25.1 Å². The van der Waals surface area contributed by atoms with Gasteiger partial charge < -0.3 is 5.73 Å². The van der Waals surface area contributed by atoms with E-state index in [0.29, 0.717) is 17.9 Å². The Kier molecular flexibility index (Phi) is 3.66. The van der Waals surface area contributed by atoms with Gasteiger partial charge in [0.1, 0.15) is 0 Å². The molecule has 0 saturated heterocycles. The number of benzene rings is 1. The Morgan fingerprint density at radius 2 is 2.07 bits per heavy atom. The minimum absolute atomic E-state index is 0.138. The Morgan fingerprint density at radius 1 is 1.36 bits per heavy atom. The molecule has 0 heterocycles. The van der Waals surface area contributed by atoms with E-state index in [-0.39, 0.29) is 5.75 Å². The van der Waals surface area contributed by atoms with Gasteiger partial charge in [-0.15, -0.1) is 0 Å². The van der Waals surface area contributed by atoms with Crippen molar-refractivity contribution in [3.63, 3.8) is 0 Å². The van der Waals surface area contributed by atoms with Crippen LogP contribution in [0.1, 0.15) is 12.5 Å². The Morgan fingerprint density at radius 3 is 2.64 bits per heavy atom. The molecule has 0 saturated carbocycles. The fraction of sp³-hybridized carbons (Fsp3) is 0.400. The fourth-order valence-electron chi connectivity index (χ4n) is 1.23. The molecule has 0 aromatic heterocycles. The van der Waals surface area contributed by atoms with E-state index in [1.807, 2.05) is 6.07 Å². The zero-order valence-corrected chi connectivity index (χ0v) is 9.05. The SMILES string of the molecule is CCS(=O)(=O)c1cccc(CCN)c1. The van der Waals surface area contributed by atoms with Gasteiger partial charge in [0.05, 0.1) is 10.6 Å². The molecule has 0 spiro atoms. The molecule has 2 N–H and O–H groups in total. The maximum absolute atomic E-state index is 11.5. The summed E-state index contributed by atoms with van der Waals surface area (Å²) in [4.78, 5) is 0.394. The molecule has 0 aliphatic carbocycles. The van der Waals surface area contributed by atoms with Gasteiger partial charge >= 0.3 is 0 Å². The average molecular weight is 213 g/mol. The summed E-state index contributed by atoms with van der Waals surface area (Å²) < 4.78 is 23.1. The van der Waals surface area contributed by atoms with Crippen LogP contribution in [0.5, 0.6) is 0 Å². The topological polar surface area (TPSA) is 60.2 Å². The average Bonchev–Trinajstić information content (AvgIpc) is 2.19. The summed E-state index contributed by atoms with van der Waals surface area (Å²) in [7, 11) is -3.08. The van der Waals surface area contributed by atoms with Crippen LogP contribution in [-0.2, 0) is 16.3 Å². The number of hydrogen-bond donors (Lipinski definition) is 1. The minimum Gasteiger partial charge on any atom is -0.330 e. The third-order valence-corrected chi connectivity index (χ3v) is 3.80. The van der Waals surface area contributed by atoms with Crippen molar-refractivity contribution in [2.75, 3.05) is 12.3 Å². The first-order valence-electron chi connectivity index (χ1n) is 4.62. The summed E-state index contributed by atoms with van der Waals surface area (Å²) in [6, 6.07) is 6.97. The zero-order chi connectivity index (χ0) is 10.6. The number of nitrogens with two attached hydrogens (primary N) is 1. The zero-order valence-electron chi connectivity index (χ0n) is 8.23. The standard InChI is InChI=1S/C10H15NO2S/c1-2-14(12,13)10-5-3-4-9(8-10)6-7-11/h3-5,8H,2,6-7,11H2,1H3. The Labute approximate surface area is 84.9 Å². The highest BCUT2D eigenvalue weighted by atomic mass is 32.2. The lowest BCUT2D eigenvalue weighted by Gasteiger charge is -2.03. The van der Waals surface area contributed by atoms with Crippen molar-refractivity contribution < 1.29 is 8.42 Å². The van der Waals surface area contributed by atoms with Crippen molar-refractivity contribution in [3.05, 3.63) is 29.8 Å². The molecule has 0 amide bonds. The molecule has 1 aromatic rings. The highest BCUT2D eigenvalue weighted by Gasteiger charge is 2.10. The molecule has 78 valence electrons. The minimum atomic E-state index is -3.08. The van der Waals surface area contributed by atoms with E-state index < -0.39 is 9.84 Å². The maximum Gasteiger partial charge on any atom is 0.178 e. The Bertz CT molecular complexity index is 398. The van der Waals surface area contributed by atoms with E-state index >= 15 is 0 Å². The van der Waals surface area contributed by atoms with Gasteiger partial charge in [-0.3, -0.25) is 0 Å². The van der Waals surface area contributed by atoms with Crippen molar-refractivity contribution >= 4 is 9.84 Å². The first-order chi connectivity index (χ1) is 6.60. The lowest BCUT2D eigenvalue weighted by Crippen LogP contribution is -2.06. The summed E-state index contributed by atoms with van der Waals surface area (Å²) in [6.07, 6.45) is 0.715. The second kappa shape index (κ2) is 4.57. The largest absolute Gasteiger partial charge is 0.330 e. The van der Waals surface area contributed by atoms with Crippen LogP contribution in [0.25, 0.3) is 0 Å². The molecule has 14 heavy (non-hydrogen) atoms. The predicted molar refractivity (Wildman–Crippen MR) is 56.9 cm³/mol. The maximum atomic E-state index is 11.5. The van der Waals surface area contributed by atoms with Crippen LogP contribution in [0.3, 0.4) is 0 Å². The van der Waals surface area contributed by atoms with Crippen molar-refractivity contribution in [2.45, 2.75) is 18.2 Å². The third kappa shape index (κ3) is 2.56. The summed E-state index contributed by atoms with van der Waals surface area (Å²) in [5, 5.41) is 0. The second-order valence-electron chi connectivity index (χ2n) is 3.09. The van der Waals surface area contributed by atoms with Crippen LogP contribution in [0.4, 0.5) is 0 Å². The van der Waals surface area contributed by atoms with Crippen LogP contribution in [0, 0.1) is 0 Å². The van der Waals surface area contributed by atoms with Crippen molar-refractivity contribution in [1.29, 1.82) is 0 Å². The van der Waals surface area contributed by atoms with E-state index in [9.17, 15) is 8.42 Å². The van der Waals surface area contributed by atoms with Gasteiger partial charge in [0.25, 0.3) is 0 Å². The molecule has 0 aliphatic heterocycles.